The molecule has 5 aromatic heterocycles. The van der Waals surface area contributed by atoms with Crippen LogP contribution in [0.5, 0.6) is 0 Å². The largest absolute Gasteiger partial charge is 0.356 e. The van der Waals surface area contributed by atoms with E-state index in [1.54, 1.807) is 89.1 Å². The van der Waals surface area contributed by atoms with E-state index in [1.807, 2.05) is 7.05 Å². The van der Waals surface area contributed by atoms with Crippen LogP contribution < -0.4 is 37.6 Å². The maximum atomic E-state index is 13.3. The van der Waals surface area contributed by atoms with Gasteiger partial charge >= 0.3 is 0 Å². The van der Waals surface area contributed by atoms with Crippen molar-refractivity contribution in [3.05, 3.63) is 90.0 Å². The zero-order valence-corrected chi connectivity index (χ0v) is 34.1. The lowest BCUT2D eigenvalue weighted by molar-refractivity contribution is -0.120. The SMILES string of the molecule is CN(CCCN)CCCNC(=O)CCNC(=O)c1cc(NC(=O)c2cc(NC(=O)c3cc(NC(=O)c4cc(NC(=O)c5nccn5C)cn4C)cn3C)cn2C)cn1C. The summed E-state index contributed by atoms with van der Waals surface area (Å²) in [7, 11) is 10.4. The lowest BCUT2D eigenvalue weighted by Crippen LogP contribution is -2.33. The quantitative estimate of drug-likeness (QED) is 0.0600. The Balaban J connectivity index is 1.10. The van der Waals surface area contributed by atoms with Gasteiger partial charge in [-0.05, 0) is 63.8 Å². The molecule has 0 atom stereocenters. The lowest BCUT2D eigenvalue weighted by atomic mass is 10.3. The van der Waals surface area contributed by atoms with Crippen molar-refractivity contribution >= 4 is 58.2 Å². The van der Waals surface area contributed by atoms with Gasteiger partial charge in [0.15, 0.2) is 5.82 Å². The maximum absolute atomic E-state index is 13.3. The van der Waals surface area contributed by atoms with Gasteiger partial charge in [-0.15, -0.1) is 0 Å². The van der Waals surface area contributed by atoms with E-state index in [0.717, 1.165) is 25.9 Å². The summed E-state index contributed by atoms with van der Waals surface area (Å²) in [5.74, 6) is -2.18. The second-order valence-electron chi connectivity index (χ2n) is 14.2. The molecule has 0 bridgehead atoms. The van der Waals surface area contributed by atoms with E-state index in [4.69, 9.17) is 5.73 Å². The average Bonchev–Trinajstić information content (AvgIpc) is 4.01. The molecule has 0 saturated carbocycles. The van der Waals surface area contributed by atoms with Gasteiger partial charge in [-0.3, -0.25) is 28.8 Å². The first-order chi connectivity index (χ1) is 28.1. The van der Waals surface area contributed by atoms with E-state index in [1.165, 1.54) is 30.5 Å². The Morgan fingerprint density at radius 1 is 0.576 bits per heavy atom. The van der Waals surface area contributed by atoms with Crippen LogP contribution in [0, 0.1) is 0 Å². The summed E-state index contributed by atoms with van der Waals surface area (Å²) in [4.78, 5) is 83.6. The minimum absolute atomic E-state index is 0.128. The number of amides is 6. The molecule has 5 rings (SSSR count). The number of aromatic nitrogens is 6. The molecule has 0 aliphatic rings. The molecule has 20 heteroatoms. The lowest BCUT2D eigenvalue weighted by Gasteiger charge is -2.15. The van der Waals surface area contributed by atoms with Crippen LogP contribution in [0.4, 0.5) is 22.7 Å². The molecule has 20 nitrogen and oxygen atoms in total. The van der Waals surface area contributed by atoms with Crippen molar-refractivity contribution in [2.45, 2.75) is 19.3 Å². The minimum atomic E-state index is -0.484. The maximum Gasteiger partial charge on any atom is 0.291 e. The number of aryl methyl sites for hydroxylation is 5. The molecule has 0 unspecified atom stereocenters. The molecule has 314 valence electrons. The first-order valence-electron chi connectivity index (χ1n) is 18.9. The molecule has 59 heavy (non-hydrogen) atoms. The third-order valence-electron chi connectivity index (χ3n) is 9.43. The Morgan fingerprint density at radius 2 is 1.00 bits per heavy atom. The fourth-order valence-corrected chi connectivity index (χ4v) is 6.31. The number of nitrogens with two attached hydrogens (primary N) is 1. The van der Waals surface area contributed by atoms with Crippen molar-refractivity contribution in [1.82, 2.24) is 43.4 Å². The summed E-state index contributed by atoms with van der Waals surface area (Å²) in [6, 6.07) is 6.09. The van der Waals surface area contributed by atoms with Crippen LogP contribution in [0.2, 0.25) is 0 Å². The zero-order valence-electron chi connectivity index (χ0n) is 34.1. The fraction of sp³-hybridized carbons (Fsp3) is 0.359. The standard InChI is InChI=1S/C39H52N14O6/c1-48(14-7-10-40)15-8-11-41-33(54)9-12-43-35(55)29-17-25(21-50(29)3)44-36(56)30-18-26(22-51(30)4)45-37(57)31-19-27(23-52(31)5)46-38(58)32-20-28(24-53(32)6)47-39(59)34-42-13-16-49(34)2/h13,16-24H,7-12,14-15,40H2,1-6H3,(H,41,54)(H,43,55)(H,44,56)(H,45,57)(H,46,58)(H,47,59). The topological polar surface area (TPSA) is 241 Å². The van der Waals surface area contributed by atoms with Crippen LogP contribution in [0.15, 0.2) is 61.4 Å². The van der Waals surface area contributed by atoms with Crippen molar-refractivity contribution in [2.75, 3.05) is 61.0 Å². The second-order valence-corrected chi connectivity index (χ2v) is 14.2. The summed E-state index contributed by atoms with van der Waals surface area (Å²) in [5.41, 5.74) is 8.07. The molecule has 0 aliphatic carbocycles. The Kier molecular flexibility index (Phi) is 14.3. The van der Waals surface area contributed by atoms with Crippen molar-refractivity contribution in [1.29, 1.82) is 0 Å². The van der Waals surface area contributed by atoms with Gasteiger partial charge in [-0.1, -0.05) is 0 Å². The van der Waals surface area contributed by atoms with E-state index < -0.39 is 29.5 Å². The van der Waals surface area contributed by atoms with Crippen LogP contribution in [0.1, 0.15) is 71.8 Å². The summed E-state index contributed by atoms with van der Waals surface area (Å²) in [6.45, 7) is 3.10. The van der Waals surface area contributed by atoms with Crippen LogP contribution in [0.3, 0.4) is 0 Å². The number of carbonyl (C=O) groups excluding carboxylic acids is 6. The minimum Gasteiger partial charge on any atom is -0.356 e. The van der Waals surface area contributed by atoms with Gasteiger partial charge in [0.25, 0.3) is 29.5 Å². The highest BCUT2D eigenvalue weighted by atomic mass is 16.2. The number of rotatable bonds is 19. The summed E-state index contributed by atoms with van der Waals surface area (Å²) >= 11 is 0. The number of hydrogen-bond donors (Lipinski definition) is 7. The molecular formula is C39H52N14O6. The van der Waals surface area contributed by atoms with E-state index >= 15 is 0 Å². The highest BCUT2D eigenvalue weighted by Gasteiger charge is 2.21. The smallest absolute Gasteiger partial charge is 0.291 e. The fourth-order valence-electron chi connectivity index (χ4n) is 6.31. The van der Waals surface area contributed by atoms with Gasteiger partial charge < -0.3 is 65.4 Å². The number of carbonyl (C=O) groups is 6. The monoisotopic (exact) mass is 812 g/mol. The number of nitrogens with zero attached hydrogens (tertiary/aromatic N) is 7. The normalized spacial score (nSPS) is 11.1. The van der Waals surface area contributed by atoms with Crippen LogP contribution in [0.25, 0.3) is 0 Å². The predicted octanol–water partition coefficient (Wildman–Crippen LogP) is 1.69. The van der Waals surface area contributed by atoms with Crippen molar-refractivity contribution in [3.63, 3.8) is 0 Å². The third kappa shape index (κ3) is 11.4. The zero-order chi connectivity index (χ0) is 42.8. The molecule has 0 radical (unpaired) electrons. The predicted molar refractivity (Wildman–Crippen MR) is 222 cm³/mol. The molecular weight excluding hydrogens is 761 g/mol. The van der Waals surface area contributed by atoms with E-state index in [9.17, 15) is 28.8 Å². The molecule has 0 spiro atoms. The molecule has 5 aromatic rings. The number of imidazole rings is 1. The van der Waals surface area contributed by atoms with Crippen molar-refractivity contribution in [3.8, 4) is 0 Å². The first kappa shape index (κ1) is 43.2. The third-order valence-corrected chi connectivity index (χ3v) is 9.43. The molecule has 0 aromatic carbocycles. The van der Waals surface area contributed by atoms with Gasteiger partial charge in [0, 0.05) is 91.9 Å². The number of anilines is 4. The van der Waals surface area contributed by atoms with Gasteiger partial charge in [0.2, 0.25) is 5.91 Å². The first-order valence-corrected chi connectivity index (χ1v) is 18.9. The van der Waals surface area contributed by atoms with Gasteiger partial charge in [-0.25, -0.2) is 4.98 Å². The number of hydrogen-bond acceptors (Lipinski definition) is 9. The van der Waals surface area contributed by atoms with Crippen LogP contribution in [-0.4, -0.2) is 108 Å². The van der Waals surface area contributed by atoms with Gasteiger partial charge in [0.1, 0.15) is 22.8 Å². The van der Waals surface area contributed by atoms with Crippen molar-refractivity contribution in [2.24, 2.45) is 41.0 Å². The Bertz CT molecular complexity index is 2320. The Morgan fingerprint density at radius 3 is 1.42 bits per heavy atom. The van der Waals surface area contributed by atoms with E-state index in [2.05, 4.69) is 41.8 Å². The number of nitrogens with one attached hydrogen (secondary N) is 6. The van der Waals surface area contributed by atoms with Crippen LogP contribution >= 0.6 is 0 Å². The highest BCUT2D eigenvalue weighted by Crippen LogP contribution is 2.21. The van der Waals surface area contributed by atoms with Crippen LogP contribution in [-0.2, 0) is 40.0 Å². The summed E-state index contributed by atoms with van der Waals surface area (Å²) in [6.07, 6.45) is 11.4. The molecule has 0 fully saturated rings. The van der Waals surface area contributed by atoms with Gasteiger partial charge in [0.05, 0.1) is 22.7 Å². The van der Waals surface area contributed by atoms with E-state index in [-0.39, 0.29) is 47.5 Å². The molecule has 6 amide bonds. The second kappa shape index (κ2) is 19.5. The van der Waals surface area contributed by atoms with Crippen molar-refractivity contribution < 1.29 is 28.8 Å². The Hall–Kier alpha value is -6.93. The highest BCUT2D eigenvalue weighted by molar-refractivity contribution is 6.09. The average molecular weight is 813 g/mol. The van der Waals surface area contributed by atoms with Gasteiger partial charge in [-0.2, -0.15) is 0 Å². The van der Waals surface area contributed by atoms with E-state index in [0.29, 0.717) is 35.8 Å². The molecule has 5 heterocycles. The molecule has 0 saturated heterocycles. The summed E-state index contributed by atoms with van der Waals surface area (Å²) in [5, 5.41) is 16.7. The Labute approximate surface area is 341 Å². The molecule has 8 N–H and O–H groups in total. The molecule has 0 aliphatic heterocycles. The summed E-state index contributed by atoms with van der Waals surface area (Å²) < 4.78 is 7.82.